The van der Waals surface area contributed by atoms with Crippen LogP contribution in [-0.4, -0.2) is 69.4 Å². The summed E-state index contributed by atoms with van der Waals surface area (Å²) in [5.41, 5.74) is 5.87. The van der Waals surface area contributed by atoms with Gasteiger partial charge in [-0.25, -0.2) is 18.2 Å². The third kappa shape index (κ3) is 5.44. The van der Waals surface area contributed by atoms with Gasteiger partial charge in [0.25, 0.3) is 0 Å². The van der Waals surface area contributed by atoms with Gasteiger partial charge in [0.2, 0.25) is 20.9 Å². The number of thiophene rings is 1. The van der Waals surface area contributed by atoms with Gasteiger partial charge in [-0.3, -0.25) is 9.69 Å². The minimum atomic E-state index is -3.91. The van der Waals surface area contributed by atoms with Crippen molar-refractivity contribution in [1.82, 2.24) is 19.6 Å². The minimum Gasteiger partial charge on any atom is -0.477 e. The van der Waals surface area contributed by atoms with E-state index in [-0.39, 0.29) is 41.3 Å². The average molecular weight is 570 g/mol. The van der Waals surface area contributed by atoms with Crippen molar-refractivity contribution in [2.75, 3.05) is 12.3 Å². The van der Waals surface area contributed by atoms with Crippen LogP contribution in [-0.2, 0) is 21.2 Å². The second kappa shape index (κ2) is 10.6. The van der Waals surface area contributed by atoms with Crippen LogP contribution < -0.4 is 5.73 Å². The van der Waals surface area contributed by atoms with E-state index in [4.69, 9.17) is 21.9 Å². The Bertz CT molecular complexity index is 1430. The van der Waals surface area contributed by atoms with Crippen LogP contribution >= 0.6 is 22.9 Å². The molecule has 1 aliphatic heterocycles. The van der Waals surface area contributed by atoms with Gasteiger partial charge in [-0.2, -0.15) is 0 Å². The van der Waals surface area contributed by atoms with Crippen molar-refractivity contribution in [3.05, 3.63) is 39.6 Å². The summed E-state index contributed by atoms with van der Waals surface area (Å²) in [4.78, 5) is 31.8. The molecular formula is C23H28ClN5O6S2. The smallest absolute Gasteiger partial charge is 0.354 e. The Hall–Kier alpha value is -2.74. The summed E-state index contributed by atoms with van der Waals surface area (Å²) in [5, 5.41) is 13.9. The highest BCUT2D eigenvalue weighted by Gasteiger charge is 2.39. The fraction of sp³-hybridized carbons (Fsp3) is 0.478. The Balaban J connectivity index is 1.78. The number of piperidine rings is 1. The summed E-state index contributed by atoms with van der Waals surface area (Å²) in [6, 6.07) is 4.53. The first-order valence-corrected chi connectivity index (χ1v) is 14.6. The molecule has 2 atom stereocenters. The van der Waals surface area contributed by atoms with E-state index in [1.807, 2.05) is 18.7 Å². The number of sulfone groups is 1. The molecule has 2 unspecified atom stereocenters. The Labute approximate surface area is 223 Å². The maximum atomic E-state index is 13.0. The lowest BCUT2D eigenvalue weighted by atomic mass is 9.86. The first-order chi connectivity index (χ1) is 17.4. The van der Waals surface area contributed by atoms with Crippen LogP contribution in [0.1, 0.15) is 61.4 Å². The Morgan fingerprint density at radius 2 is 2.08 bits per heavy atom. The molecule has 0 aliphatic carbocycles. The fourth-order valence-corrected chi connectivity index (χ4v) is 6.69. The molecule has 4 heterocycles. The van der Waals surface area contributed by atoms with Crippen LogP contribution in [0.2, 0.25) is 4.34 Å². The number of rotatable bonds is 9. The van der Waals surface area contributed by atoms with Gasteiger partial charge >= 0.3 is 5.97 Å². The summed E-state index contributed by atoms with van der Waals surface area (Å²) in [5.74, 6) is -2.15. The summed E-state index contributed by atoms with van der Waals surface area (Å²) < 4.78 is 33.1. The molecule has 3 aromatic rings. The van der Waals surface area contributed by atoms with Gasteiger partial charge in [0, 0.05) is 18.0 Å². The number of carboxylic acid groups (broad SMARTS) is 1. The molecule has 0 spiro atoms. The zero-order chi connectivity index (χ0) is 27.1. The third-order valence-corrected chi connectivity index (χ3v) is 9.41. The van der Waals surface area contributed by atoms with Gasteiger partial charge in [0.05, 0.1) is 33.2 Å². The van der Waals surface area contributed by atoms with Crippen molar-refractivity contribution in [1.29, 1.82) is 0 Å². The van der Waals surface area contributed by atoms with Crippen molar-refractivity contribution < 1.29 is 27.6 Å². The Morgan fingerprint density at radius 1 is 1.35 bits per heavy atom. The average Bonchev–Trinajstić information content (AvgIpc) is 3.57. The standard InChI is InChI=1S/C23H28ClN5O6S2/c1-4-37(33,34)23-26-19(13-7-8-28(12(2)3)15(9-13)21(25)30)20(22(31)32)29(23)11-14-10-16(35-27-14)17-5-6-18(24)36-17/h5-6,10,12-13,15H,4,7-9,11H2,1-3H3,(H2,25,30)(H,31,32). The molecule has 0 aromatic carbocycles. The highest BCUT2D eigenvalue weighted by atomic mass is 35.5. The number of carboxylic acids is 1. The second-order valence-electron chi connectivity index (χ2n) is 9.18. The van der Waals surface area contributed by atoms with Gasteiger partial charge < -0.3 is 19.9 Å². The molecule has 3 aromatic heterocycles. The monoisotopic (exact) mass is 569 g/mol. The second-order valence-corrected chi connectivity index (χ2v) is 13.1. The summed E-state index contributed by atoms with van der Waals surface area (Å²) in [7, 11) is -3.91. The van der Waals surface area contributed by atoms with E-state index in [9.17, 15) is 23.1 Å². The number of carbonyl (C=O) groups excluding carboxylic acids is 1. The van der Waals surface area contributed by atoms with Crippen LogP contribution in [0.3, 0.4) is 0 Å². The van der Waals surface area contributed by atoms with E-state index in [1.165, 1.54) is 18.3 Å². The Morgan fingerprint density at radius 3 is 2.65 bits per heavy atom. The zero-order valence-electron chi connectivity index (χ0n) is 20.5. The number of likely N-dealkylation sites (tertiary alicyclic amines) is 1. The number of hydrogen-bond donors (Lipinski definition) is 2. The molecule has 1 saturated heterocycles. The Kier molecular flexibility index (Phi) is 7.79. The fourth-order valence-electron chi connectivity index (χ4n) is 4.71. The molecule has 0 saturated carbocycles. The number of hydrogen-bond acceptors (Lipinski definition) is 9. The van der Waals surface area contributed by atoms with Crippen molar-refractivity contribution in [2.24, 2.45) is 5.73 Å². The van der Waals surface area contributed by atoms with Gasteiger partial charge in [0.1, 0.15) is 5.69 Å². The zero-order valence-corrected chi connectivity index (χ0v) is 22.9. The molecule has 0 radical (unpaired) electrons. The molecule has 0 bridgehead atoms. The number of halogens is 1. The molecule has 14 heteroatoms. The summed E-state index contributed by atoms with van der Waals surface area (Å²) in [6.07, 6.45) is 0.738. The number of primary amides is 1. The summed E-state index contributed by atoms with van der Waals surface area (Å²) in [6.45, 7) is 5.68. The maximum Gasteiger partial charge on any atom is 0.354 e. The van der Waals surface area contributed by atoms with E-state index >= 15 is 0 Å². The highest BCUT2D eigenvalue weighted by molar-refractivity contribution is 7.91. The molecule has 11 nitrogen and oxygen atoms in total. The molecular weight excluding hydrogens is 542 g/mol. The van der Waals surface area contributed by atoms with Crippen molar-refractivity contribution >= 4 is 44.7 Å². The van der Waals surface area contributed by atoms with Crippen LogP contribution in [0, 0.1) is 0 Å². The van der Waals surface area contributed by atoms with Gasteiger partial charge in [-0.05, 0) is 45.4 Å². The van der Waals surface area contributed by atoms with Gasteiger partial charge in [0.15, 0.2) is 11.5 Å². The van der Waals surface area contributed by atoms with Crippen LogP contribution in [0.25, 0.3) is 10.6 Å². The topological polar surface area (TPSA) is 162 Å². The first kappa shape index (κ1) is 27.3. The highest BCUT2D eigenvalue weighted by Crippen LogP contribution is 2.36. The quantitative estimate of drug-likeness (QED) is 0.394. The van der Waals surface area contributed by atoms with E-state index in [0.29, 0.717) is 28.8 Å². The number of amides is 1. The SMILES string of the molecule is CCS(=O)(=O)c1nc(C2CCN(C(C)C)C(C(N)=O)C2)c(C(=O)O)n1Cc1cc(-c2ccc(Cl)s2)on1. The van der Waals surface area contributed by atoms with Gasteiger partial charge in [-0.15, -0.1) is 11.3 Å². The normalized spacial score (nSPS) is 18.9. The van der Waals surface area contributed by atoms with E-state index < -0.39 is 33.7 Å². The van der Waals surface area contributed by atoms with Crippen molar-refractivity contribution in [2.45, 2.75) is 63.3 Å². The molecule has 4 rings (SSSR count). The first-order valence-electron chi connectivity index (χ1n) is 11.8. The minimum absolute atomic E-state index is 0.0607. The lowest BCUT2D eigenvalue weighted by Crippen LogP contribution is -2.52. The van der Waals surface area contributed by atoms with E-state index in [0.717, 1.165) is 9.44 Å². The number of nitrogens with zero attached hydrogens (tertiary/aromatic N) is 4. The lowest BCUT2D eigenvalue weighted by Gasteiger charge is -2.39. The number of aromatic nitrogens is 3. The maximum absolute atomic E-state index is 13.0. The number of carbonyl (C=O) groups is 2. The number of aromatic carboxylic acids is 1. The predicted octanol–water partition coefficient (Wildman–Crippen LogP) is 3.23. The lowest BCUT2D eigenvalue weighted by molar-refractivity contribution is -0.125. The molecule has 37 heavy (non-hydrogen) atoms. The van der Waals surface area contributed by atoms with E-state index in [1.54, 1.807) is 18.2 Å². The predicted molar refractivity (Wildman–Crippen MR) is 138 cm³/mol. The van der Waals surface area contributed by atoms with Crippen molar-refractivity contribution in [3.8, 4) is 10.6 Å². The van der Waals surface area contributed by atoms with Crippen LogP contribution in [0.15, 0.2) is 27.9 Å². The largest absolute Gasteiger partial charge is 0.477 e. The number of imidazole rings is 1. The number of nitrogens with two attached hydrogens (primary N) is 1. The van der Waals surface area contributed by atoms with Crippen molar-refractivity contribution in [3.63, 3.8) is 0 Å². The molecule has 1 fully saturated rings. The molecule has 1 aliphatic rings. The summed E-state index contributed by atoms with van der Waals surface area (Å²) >= 11 is 7.29. The van der Waals surface area contributed by atoms with Gasteiger partial charge in [-0.1, -0.05) is 23.7 Å². The molecule has 3 N–H and O–H groups in total. The van der Waals surface area contributed by atoms with Crippen LogP contribution in [0.5, 0.6) is 0 Å². The van der Waals surface area contributed by atoms with Crippen LogP contribution in [0.4, 0.5) is 0 Å². The third-order valence-electron chi connectivity index (χ3n) is 6.54. The van der Waals surface area contributed by atoms with E-state index in [2.05, 4.69) is 10.1 Å². The molecule has 1 amide bonds. The molecule has 200 valence electrons.